The highest BCUT2D eigenvalue weighted by atomic mass is 32.1. The van der Waals surface area contributed by atoms with Crippen molar-refractivity contribution < 1.29 is 4.79 Å². The first-order valence-electron chi connectivity index (χ1n) is 7.70. The zero-order valence-corrected chi connectivity index (χ0v) is 14.2. The molecule has 1 amide bonds. The number of piperidine rings is 1. The molecule has 1 aliphatic heterocycles. The molecular formula is C16H21N3O2S. The van der Waals surface area contributed by atoms with Gasteiger partial charge in [0, 0.05) is 29.4 Å². The third kappa shape index (κ3) is 2.26. The van der Waals surface area contributed by atoms with Crippen molar-refractivity contribution in [3.8, 4) is 0 Å². The third-order valence-electron chi connectivity index (χ3n) is 4.88. The molecule has 2 unspecified atom stereocenters. The second-order valence-electron chi connectivity index (χ2n) is 6.20. The van der Waals surface area contributed by atoms with Gasteiger partial charge in [-0.15, -0.1) is 11.3 Å². The van der Waals surface area contributed by atoms with Crippen LogP contribution in [-0.2, 0) is 0 Å². The Morgan fingerprint density at radius 1 is 1.36 bits per heavy atom. The van der Waals surface area contributed by atoms with Gasteiger partial charge in [0.2, 0.25) is 0 Å². The number of hydrogen-bond acceptors (Lipinski definition) is 4. The van der Waals surface area contributed by atoms with E-state index >= 15 is 0 Å². The predicted molar refractivity (Wildman–Crippen MR) is 87.7 cm³/mol. The monoisotopic (exact) mass is 319 g/mol. The van der Waals surface area contributed by atoms with E-state index in [2.05, 4.69) is 18.8 Å². The van der Waals surface area contributed by atoms with E-state index in [4.69, 9.17) is 0 Å². The van der Waals surface area contributed by atoms with Crippen LogP contribution in [0.1, 0.15) is 47.6 Å². The Kier molecular flexibility index (Phi) is 3.80. The molecule has 2 atom stereocenters. The van der Waals surface area contributed by atoms with E-state index in [0.29, 0.717) is 17.4 Å². The Morgan fingerprint density at radius 2 is 2.09 bits per heavy atom. The highest BCUT2D eigenvalue weighted by Gasteiger charge is 2.30. The zero-order valence-electron chi connectivity index (χ0n) is 13.4. The number of hydrogen-bond donors (Lipinski definition) is 0. The Balaban J connectivity index is 2.06. The van der Waals surface area contributed by atoms with Gasteiger partial charge in [-0.2, -0.15) is 0 Å². The molecule has 0 N–H and O–H groups in total. The van der Waals surface area contributed by atoms with Crippen molar-refractivity contribution in [2.45, 2.75) is 46.6 Å². The number of aromatic nitrogens is 2. The summed E-state index contributed by atoms with van der Waals surface area (Å²) in [7, 11) is 0. The number of rotatable bonds is 1. The van der Waals surface area contributed by atoms with E-state index in [0.717, 1.165) is 23.4 Å². The van der Waals surface area contributed by atoms with Crippen LogP contribution in [0.15, 0.2) is 11.0 Å². The second-order valence-corrected chi connectivity index (χ2v) is 7.38. The lowest BCUT2D eigenvalue weighted by Crippen LogP contribution is -2.47. The average Bonchev–Trinajstić information content (AvgIpc) is 2.77. The average molecular weight is 319 g/mol. The second kappa shape index (κ2) is 5.50. The third-order valence-corrected chi connectivity index (χ3v) is 5.96. The molecule has 1 aliphatic rings. The van der Waals surface area contributed by atoms with Crippen molar-refractivity contribution in [3.63, 3.8) is 0 Å². The van der Waals surface area contributed by atoms with Gasteiger partial charge in [-0.1, -0.05) is 6.92 Å². The van der Waals surface area contributed by atoms with E-state index < -0.39 is 0 Å². The van der Waals surface area contributed by atoms with Crippen molar-refractivity contribution in [3.05, 3.63) is 32.7 Å². The van der Waals surface area contributed by atoms with Gasteiger partial charge in [-0.25, -0.2) is 4.98 Å². The number of fused-ring (bicyclic) bond motifs is 1. The van der Waals surface area contributed by atoms with Crippen molar-refractivity contribution in [2.24, 2.45) is 5.92 Å². The Morgan fingerprint density at radius 3 is 2.82 bits per heavy atom. The molecule has 3 heterocycles. The lowest BCUT2D eigenvalue weighted by atomic mass is 9.91. The van der Waals surface area contributed by atoms with E-state index in [1.54, 1.807) is 4.40 Å². The van der Waals surface area contributed by atoms with Gasteiger partial charge in [0.25, 0.3) is 11.5 Å². The first-order chi connectivity index (χ1) is 10.4. The molecule has 22 heavy (non-hydrogen) atoms. The molecule has 6 heteroatoms. The lowest BCUT2D eigenvalue weighted by Gasteiger charge is -2.37. The molecule has 0 bridgehead atoms. The Bertz CT molecular complexity index is 793. The van der Waals surface area contributed by atoms with Gasteiger partial charge in [0.15, 0.2) is 4.96 Å². The highest BCUT2D eigenvalue weighted by Crippen LogP contribution is 2.24. The fourth-order valence-corrected chi connectivity index (χ4v) is 4.03. The van der Waals surface area contributed by atoms with Crippen LogP contribution in [0.5, 0.6) is 0 Å². The summed E-state index contributed by atoms with van der Waals surface area (Å²) < 4.78 is 1.56. The minimum absolute atomic E-state index is 0.159. The fourth-order valence-electron chi connectivity index (χ4n) is 3.10. The SMILES string of the molecule is Cc1sc2ncc(C(=O)N3CCCC(C)C3C)c(=O)n2c1C. The molecular weight excluding hydrogens is 298 g/mol. The van der Waals surface area contributed by atoms with Crippen LogP contribution in [0.3, 0.4) is 0 Å². The molecule has 118 valence electrons. The van der Waals surface area contributed by atoms with Crippen LogP contribution >= 0.6 is 11.3 Å². The summed E-state index contributed by atoms with van der Waals surface area (Å²) in [5, 5.41) is 0. The van der Waals surface area contributed by atoms with E-state index in [-0.39, 0.29) is 23.1 Å². The summed E-state index contributed by atoms with van der Waals surface area (Å²) in [6, 6.07) is 0.159. The summed E-state index contributed by atoms with van der Waals surface area (Å²) in [6.07, 6.45) is 3.57. The van der Waals surface area contributed by atoms with Crippen molar-refractivity contribution in [1.82, 2.24) is 14.3 Å². The standard InChI is InChI=1S/C16H21N3O2S/c1-9-6-5-7-18(10(9)2)14(20)13-8-17-16-19(15(13)21)11(3)12(4)22-16/h8-10H,5-7H2,1-4H3. The van der Waals surface area contributed by atoms with Crippen LogP contribution in [0.2, 0.25) is 0 Å². The molecule has 0 saturated carbocycles. The molecule has 5 nitrogen and oxygen atoms in total. The van der Waals surface area contributed by atoms with Crippen molar-refractivity contribution in [2.75, 3.05) is 6.54 Å². The molecule has 0 radical (unpaired) electrons. The number of likely N-dealkylation sites (tertiary alicyclic amines) is 1. The molecule has 2 aromatic rings. The highest BCUT2D eigenvalue weighted by molar-refractivity contribution is 7.17. The molecule has 0 spiro atoms. The molecule has 3 rings (SSSR count). The number of carbonyl (C=O) groups is 1. The topological polar surface area (TPSA) is 54.7 Å². The van der Waals surface area contributed by atoms with E-state index in [1.165, 1.54) is 17.5 Å². The smallest absolute Gasteiger partial charge is 0.271 e. The molecule has 1 fully saturated rings. The van der Waals surface area contributed by atoms with Gasteiger partial charge < -0.3 is 4.90 Å². The molecule has 2 aromatic heterocycles. The first-order valence-corrected chi connectivity index (χ1v) is 8.52. The quantitative estimate of drug-likeness (QED) is 0.812. The number of aryl methyl sites for hydroxylation is 2. The molecule has 0 aromatic carbocycles. The summed E-state index contributed by atoms with van der Waals surface area (Å²) in [5.74, 6) is 0.275. The van der Waals surface area contributed by atoms with Gasteiger partial charge in [0.05, 0.1) is 0 Å². The Hall–Kier alpha value is -1.69. The minimum Gasteiger partial charge on any atom is -0.335 e. The van der Waals surface area contributed by atoms with Crippen LogP contribution in [0.25, 0.3) is 4.96 Å². The normalized spacial score (nSPS) is 22.3. The maximum Gasteiger partial charge on any atom is 0.271 e. The zero-order chi connectivity index (χ0) is 16.0. The van der Waals surface area contributed by atoms with Gasteiger partial charge in [-0.05, 0) is 39.5 Å². The number of nitrogens with zero attached hydrogens (tertiary/aromatic N) is 3. The summed E-state index contributed by atoms with van der Waals surface area (Å²) >= 11 is 1.48. The number of amides is 1. The molecule has 1 saturated heterocycles. The fraction of sp³-hybridized carbons (Fsp3) is 0.562. The van der Waals surface area contributed by atoms with Crippen LogP contribution in [-0.4, -0.2) is 32.8 Å². The van der Waals surface area contributed by atoms with E-state index in [9.17, 15) is 9.59 Å². The maximum absolute atomic E-state index is 12.8. The van der Waals surface area contributed by atoms with Gasteiger partial charge in [-0.3, -0.25) is 14.0 Å². The minimum atomic E-state index is -0.248. The largest absolute Gasteiger partial charge is 0.335 e. The van der Waals surface area contributed by atoms with Crippen molar-refractivity contribution in [1.29, 1.82) is 0 Å². The Labute approximate surface area is 133 Å². The number of carbonyl (C=O) groups excluding carboxylic acids is 1. The van der Waals surface area contributed by atoms with Crippen LogP contribution in [0.4, 0.5) is 0 Å². The van der Waals surface area contributed by atoms with Crippen LogP contribution < -0.4 is 5.56 Å². The first kappa shape index (κ1) is 15.2. The predicted octanol–water partition coefficient (Wildman–Crippen LogP) is 2.63. The van der Waals surface area contributed by atoms with Crippen LogP contribution in [0, 0.1) is 19.8 Å². The summed E-state index contributed by atoms with van der Waals surface area (Å²) in [6.45, 7) is 8.79. The lowest BCUT2D eigenvalue weighted by molar-refractivity contribution is 0.0548. The van der Waals surface area contributed by atoms with Gasteiger partial charge >= 0.3 is 0 Å². The van der Waals surface area contributed by atoms with Crippen molar-refractivity contribution >= 4 is 22.2 Å². The van der Waals surface area contributed by atoms with Gasteiger partial charge in [0.1, 0.15) is 5.56 Å². The maximum atomic E-state index is 12.8. The summed E-state index contributed by atoms with van der Waals surface area (Å²) in [5.41, 5.74) is 0.800. The van der Waals surface area contributed by atoms with E-state index in [1.807, 2.05) is 18.7 Å². The number of thiazole rings is 1. The molecule has 0 aliphatic carbocycles. The summed E-state index contributed by atoms with van der Waals surface area (Å²) in [4.78, 5) is 33.4.